The molecule has 1 aromatic heterocycles. The maximum absolute atomic E-state index is 11.5. The minimum Gasteiger partial charge on any atom is -0.364 e. The Morgan fingerprint density at radius 2 is 1.72 bits per heavy atom. The van der Waals surface area contributed by atoms with E-state index in [1.165, 1.54) is 6.07 Å². The van der Waals surface area contributed by atoms with Crippen molar-refractivity contribution in [3.8, 4) is 0 Å². The van der Waals surface area contributed by atoms with Crippen LogP contribution in [0.4, 0.5) is 0 Å². The molecule has 0 aliphatic heterocycles. The van der Waals surface area contributed by atoms with Crippen LogP contribution in [0.2, 0.25) is 0 Å². The lowest BCUT2D eigenvalue weighted by molar-refractivity contribution is 0.0997. The van der Waals surface area contributed by atoms with Gasteiger partial charge in [-0.1, -0.05) is 6.07 Å². The Labute approximate surface area is 109 Å². The van der Waals surface area contributed by atoms with Crippen molar-refractivity contribution in [2.75, 3.05) is 0 Å². The quantitative estimate of drug-likeness (QED) is 0.640. The van der Waals surface area contributed by atoms with Crippen LogP contribution in [0, 0.1) is 0 Å². The lowest BCUT2D eigenvalue weighted by atomic mass is 10.1. The standard InChI is InChI=1S/C12H8BrN3O2/c13-9-5-1-2-7-10(6(5)3-4-8(9)17)15-16-11(7)12(14)18/h1-4,15-16H,(H2,14,18). The number of fused-ring (bicyclic) bond motifs is 3. The van der Waals surface area contributed by atoms with Crippen LogP contribution in [0.15, 0.2) is 33.5 Å². The fourth-order valence-electron chi connectivity index (χ4n) is 2.08. The number of rotatable bonds is 1. The van der Waals surface area contributed by atoms with E-state index >= 15 is 0 Å². The summed E-state index contributed by atoms with van der Waals surface area (Å²) in [5.74, 6) is -0.528. The van der Waals surface area contributed by atoms with Crippen molar-refractivity contribution in [1.82, 2.24) is 10.2 Å². The van der Waals surface area contributed by atoms with Crippen molar-refractivity contribution in [1.29, 1.82) is 0 Å². The monoisotopic (exact) mass is 305 g/mol. The minimum atomic E-state index is -0.528. The minimum absolute atomic E-state index is 0.0764. The van der Waals surface area contributed by atoms with Gasteiger partial charge in [-0.2, -0.15) is 0 Å². The number of H-pyrrole nitrogens is 2. The summed E-state index contributed by atoms with van der Waals surface area (Å²) in [7, 11) is 0. The molecule has 0 fully saturated rings. The number of hydrogen-bond donors (Lipinski definition) is 3. The molecular formula is C12H8BrN3O2. The number of halogens is 1. The Morgan fingerprint density at radius 1 is 1.06 bits per heavy atom. The van der Waals surface area contributed by atoms with Crippen LogP contribution < -0.4 is 11.2 Å². The fraction of sp³-hybridized carbons (Fsp3) is 0. The maximum Gasteiger partial charge on any atom is 0.267 e. The second kappa shape index (κ2) is 3.71. The van der Waals surface area contributed by atoms with Gasteiger partial charge in [-0.05, 0) is 34.1 Å². The van der Waals surface area contributed by atoms with Gasteiger partial charge in [0.1, 0.15) is 5.69 Å². The molecule has 0 radical (unpaired) electrons. The average Bonchev–Trinajstić information content (AvgIpc) is 2.77. The number of nitrogens with one attached hydrogen (secondary N) is 2. The summed E-state index contributed by atoms with van der Waals surface area (Å²) in [6.07, 6.45) is 0. The first-order valence-electron chi connectivity index (χ1n) is 5.21. The third-order valence-corrected chi connectivity index (χ3v) is 3.75. The Bertz CT molecular complexity index is 848. The van der Waals surface area contributed by atoms with Gasteiger partial charge in [0.05, 0.1) is 9.99 Å². The molecule has 6 heteroatoms. The topological polar surface area (TPSA) is 91.7 Å². The van der Waals surface area contributed by atoms with Gasteiger partial charge < -0.3 is 5.73 Å². The van der Waals surface area contributed by atoms with Gasteiger partial charge in [-0.25, -0.2) is 0 Å². The van der Waals surface area contributed by atoms with Crippen LogP contribution >= 0.6 is 15.9 Å². The lowest BCUT2D eigenvalue weighted by Gasteiger charge is -2.01. The summed E-state index contributed by atoms with van der Waals surface area (Å²) in [6, 6.07) is 6.75. The first kappa shape index (κ1) is 11.0. The highest BCUT2D eigenvalue weighted by atomic mass is 79.9. The number of aromatic amines is 2. The third kappa shape index (κ3) is 1.39. The van der Waals surface area contributed by atoms with Crippen LogP contribution in [0.5, 0.6) is 0 Å². The first-order chi connectivity index (χ1) is 8.59. The molecule has 3 aromatic rings. The molecule has 0 aliphatic carbocycles. The Morgan fingerprint density at radius 3 is 2.44 bits per heavy atom. The van der Waals surface area contributed by atoms with E-state index in [2.05, 4.69) is 26.1 Å². The molecule has 1 amide bonds. The van der Waals surface area contributed by atoms with Crippen LogP contribution in [0.1, 0.15) is 10.5 Å². The van der Waals surface area contributed by atoms with E-state index in [1.807, 2.05) is 0 Å². The number of hydrogen-bond acceptors (Lipinski definition) is 2. The molecule has 4 N–H and O–H groups in total. The van der Waals surface area contributed by atoms with E-state index in [9.17, 15) is 9.59 Å². The zero-order chi connectivity index (χ0) is 12.9. The Kier molecular flexibility index (Phi) is 2.27. The molecule has 0 aliphatic rings. The number of amides is 1. The molecule has 2 aromatic carbocycles. The fourth-order valence-corrected chi connectivity index (χ4v) is 2.56. The molecule has 90 valence electrons. The smallest absolute Gasteiger partial charge is 0.267 e. The van der Waals surface area contributed by atoms with Crippen LogP contribution in [0.3, 0.4) is 0 Å². The second-order valence-electron chi connectivity index (χ2n) is 3.95. The maximum atomic E-state index is 11.5. The van der Waals surface area contributed by atoms with Gasteiger partial charge in [-0.15, -0.1) is 0 Å². The molecule has 0 unspecified atom stereocenters. The molecule has 0 saturated heterocycles. The van der Waals surface area contributed by atoms with E-state index < -0.39 is 5.91 Å². The summed E-state index contributed by atoms with van der Waals surface area (Å²) in [5.41, 5.74) is 6.28. The number of benzene rings is 2. The van der Waals surface area contributed by atoms with Gasteiger partial charge in [0.15, 0.2) is 5.43 Å². The number of aromatic nitrogens is 2. The number of nitrogens with two attached hydrogens (primary N) is 1. The predicted octanol–water partition coefficient (Wildman–Crippen LogP) is 1.87. The first-order valence-corrected chi connectivity index (χ1v) is 6.00. The summed E-state index contributed by atoms with van der Waals surface area (Å²) < 4.78 is 0.511. The van der Waals surface area contributed by atoms with Gasteiger partial charge in [-0.3, -0.25) is 19.8 Å². The van der Waals surface area contributed by atoms with Crippen LogP contribution in [0.25, 0.3) is 21.7 Å². The Hall–Kier alpha value is -2.08. The SMILES string of the molecule is NC(=O)c1[nH][nH]c2c1ccc1c(Br)c(=O)ccc12. The average molecular weight is 306 g/mol. The molecule has 5 nitrogen and oxygen atoms in total. The molecule has 3 rings (SSSR count). The summed E-state index contributed by atoms with van der Waals surface area (Å²) in [5, 5.41) is 8.01. The van der Waals surface area contributed by atoms with Crippen molar-refractivity contribution >= 4 is 43.5 Å². The van der Waals surface area contributed by atoms with E-state index in [0.717, 1.165) is 16.3 Å². The second-order valence-corrected chi connectivity index (χ2v) is 4.74. The van der Waals surface area contributed by atoms with E-state index in [-0.39, 0.29) is 5.43 Å². The van der Waals surface area contributed by atoms with Crippen LogP contribution in [-0.2, 0) is 0 Å². The third-order valence-electron chi connectivity index (χ3n) is 2.93. The van der Waals surface area contributed by atoms with Crippen molar-refractivity contribution in [3.63, 3.8) is 0 Å². The van der Waals surface area contributed by atoms with E-state index in [4.69, 9.17) is 5.73 Å². The Balaban J connectivity index is 2.52. The molecule has 0 bridgehead atoms. The van der Waals surface area contributed by atoms with E-state index in [1.54, 1.807) is 18.2 Å². The summed E-state index contributed by atoms with van der Waals surface area (Å²) >= 11 is 3.27. The molecule has 0 atom stereocenters. The number of carbonyl (C=O) groups excluding carboxylic acids is 1. The molecular weight excluding hydrogens is 298 g/mol. The summed E-state index contributed by atoms with van der Waals surface area (Å²) in [6.45, 7) is 0. The van der Waals surface area contributed by atoms with Gasteiger partial charge in [0.25, 0.3) is 5.91 Å². The number of primary amides is 1. The van der Waals surface area contributed by atoms with Crippen molar-refractivity contribution in [2.45, 2.75) is 0 Å². The van der Waals surface area contributed by atoms with Gasteiger partial charge in [0, 0.05) is 16.2 Å². The highest BCUT2D eigenvalue weighted by molar-refractivity contribution is 9.10. The normalized spacial score (nSPS) is 11.2. The highest BCUT2D eigenvalue weighted by Crippen LogP contribution is 2.28. The van der Waals surface area contributed by atoms with Gasteiger partial charge in [0.2, 0.25) is 0 Å². The molecule has 18 heavy (non-hydrogen) atoms. The molecule has 0 saturated carbocycles. The lowest BCUT2D eigenvalue weighted by Crippen LogP contribution is -2.11. The zero-order valence-corrected chi connectivity index (χ0v) is 10.7. The number of carbonyl (C=O) groups is 1. The predicted molar refractivity (Wildman–Crippen MR) is 72.6 cm³/mol. The van der Waals surface area contributed by atoms with E-state index in [0.29, 0.717) is 15.6 Å². The zero-order valence-electron chi connectivity index (χ0n) is 9.08. The van der Waals surface area contributed by atoms with Gasteiger partial charge >= 0.3 is 0 Å². The van der Waals surface area contributed by atoms with Crippen molar-refractivity contribution < 1.29 is 4.79 Å². The van der Waals surface area contributed by atoms with Crippen molar-refractivity contribution in [2.24, 2.45) is 5.73 Å². The highest BCUT2D eigenvalue weighted by Gasteiger charge is 2.13. The van der Waals surface area contributed by atoms with Crippen molar-refractivity contribution in [3.05, 3.63) is 44.7 Å². The largest absolute Gasteiger partial charge is 0.364 e. The summed E-state index contributed by atoms with van der Waals surface area (Å²) in [4.78, 5) is 22.8. The van der Waals surface area contributed by atoms with Crippen LogP contribution in [-0.4, -0.2) is 16.1 Å². The molecule has 1 heterocycles. The molecule has 0 spiro atoms.